The van der Waals surface area contributed by atoms with Gasteiger partial charge in [-0.15, -0.1) is 11.3 Å². The standard InChI is InChI=1S/C24H18ClF3N4S/c25-22-8-7-21(33-22)20-6-1-15(11-29-20)13-32-10-9-19-17(14-32)12-30-23(31-19)16-2-4-18(5-3-16)24(26,27)28/h1-8,11-12H,9-10,13-14H2. The van der Waals surface area contributed by atoms with Gasteiger partial charge < -0.3 is 0 Å². The molecule has 5 rings (SSSR count). The maximum Gasteiger partial charge on any atom is 0.416 e. The van der Waals surface area contributed by atoms with E-state index in [4.69, 9.17) is 11.6 Å². The molecule has 4 heterocycles. The second-order valence-corrected chi connectivity index (χ2v) is 9.57. The fourth-order valence-electron chi connectivity index (χ4n) is 3.83. The van der Waals surface area contributed by atoms with Crippen molar-refractivity contribution < 1.29 is 13.2 Å². The summed E-state index contributed by atoms with van der Waals surface area (Å²) in [5.74, 6) is 0.449. The van der Waals surface area contributed by atoms with Crippen molar-refractivity contribution >= 4 is 22.9 Å². The maximum atomic E-state index is 12.8. The highest BCUT2D eigenvalue weighted by Gasteiger charge is 2.30. The summed E-state index contributed by atoms with van der Waals surface area (Å²) in [5.41, 5.74) is 3.90. The molecule has 1 aliphatic heterocycles. The van der Waals surface area contributed by atoms with Crippen LogP contribution in [0.2, 0.25) is 4.34 Å². The van der Waals surface area contributed by atoms with Crippen LogP contribution in [0.15, 0.2) is 60.9 Å². The molecule has 0 saturated heterocycles. The summed E-state index contributed by atoms with van der Waals surface area (Å²) < 4.78 is 39.1. The minimum Gasteiger partial charge on any atom is -0.294 e. The fourth-order valence-corrected chi connectivity index (χ4v) is 4.85. The lowest BCUT2D eigenvalue weighted by Crippen LogP contribution is -2.31. The average molecular weight is 487 g/mol. The summed E-state index contributed by atoms with van der Waals surface area (Å²) in [6, 6.07) is 12.9. The molecule has 0 atom stereocenters. The number of aromatic nitrogens is 3. The van der Waals surface area contributed by atoms with Crippen molar-refractivity contribution in [3.05, 3.63) is 87.6 Å². The van der Waals surface area contributed by atoms with Crippen molar-refractivity contribution in [2.75, 3.05) is 6.54 Å². The Hall–Kier alpha value is -2.81. The van der Waals surface area contributed by atoms with E-state index < -0.39 is 11.7 Å². The third kappa shape index (κ3) is 4.93. The van der Waals surface area contributed by atoms with E-state index in [1.165, 1.54) is 23.5 Å². The Balaban J connectivity index is 1.26. The molecular formula is C24H18ClF3N4S. The molecule has 1 aliphatic rings. The van der Waals surface area contributed by atoms with E-state index in [2.05, 4.69) is 25.9 Å². The molecule has 0 amide bonds. The van der Waals surface area contributed by atoms with Crippen LogP contribution in [0.3, 0.4) is 0 Å². The van der Waals surface area contributed by atoms with Crippen molar-refractivity contribution in [2.24, 2.45) is 0 Å². The molecule has 4 aromatic rings. The Kier molecular flexibility index (Phi) is 5.90. The lowest BCUT2D eigenvalue weighted by atomic mass is 10.1. The van der Waals surface area contributed by atoms with Crippen molar-refractivity contribution in [1.82, 2.24) is 19.9 Å². The Morgan fingerprint density at radius 2 is 1.79 bits per heavy atom. The molecule has 33 heavy (non-hydrogen) atoms. The number of hydrogen-bond donors (Lipinski definition) is 0. The number of halogens is 4. The summed E-state index contributed by atoms with van der Waals surface area (Å²) in [6.07, 6.45) is 0.0724. The summed E-state index contributed by atoms with van der Waals surface area (Å²) >= 11 is 7.52. The smallest absolute Gasteiger partial charge is 0.294 e. The second kappa shape index (κ2) is 8.85. The molecule has 0 aliphatic carbocycles. The van der Waals surface area contributed by atoms with Crippen molar-refractivity contribution in [1.29, 1.82) is 0 Å². The van der Waals surface area contributed by atoms with Crippen LogP contribution in [-0.4, -0.2) is 26.4 Å². The van der Waals surface area contributed by atoms with Gasteiger partial charge in [0.1, 0.15) is 0 Å². The Labute approximate surface area is 197 Å². The van der Waals surface area contributed by atoms with Gasteiger partial charge in [-0.05, 0) is 35.9 Å². The van der Waals surface area contributed by atoms with Gasteiger partial charge in [0.25, 0.3) is 0 Å². The molecule has 0 radical (unpaired) electrons. The molecule has 4 nitrogen and oxygen atoms in total. The van der Waals surface area contributed by atoms with E-state index in [-0.39, 0.29) is 0 Å². The van der Waals surface area contributed by atoms with Crippen LogP contribution in [0.4, 0.5) is 13.2 Å². The predicted octanol–water partition coefficient (Wildman–Crippen LogP) is 6.50. The van der Waals surface area contributed by atoms with E-state index in [1.54, 1.807) is 6.20 Å². The van der Waals surface area contributed by atoms with E-state index >= 15 is 0 Å². The first kappa shape index (κ1) is 22.0. The molecule has 0 N–H and O–H groups in total. The third-order valence-electron chi connectivity index (χ3n) is 5.54. The first-order chi connectivity index (χ1) is 15.8. The number of nitrogens with zero attached hydrogens (tertiary/aromatic N) is 4. The summed E-state index contributed by atoms with van der Waals surface area (Å²) in [5, 5.41) is 0. The largest absolute Gasteiger partial charge is 0.416 e. The van der Waals surface area contributed by atoms with E-state index in [0.717, 1.165) is 63.4 Å². The predicted molar refractivity (Wildman–Crippen MR) is 123 cm³/mol. The molecule has 0 spiro atoms. The van der Waals surface area contributed by atoms with Gasteiger partial charge in [0.2, 0.25) is 0 Å². The molecule has 3 aromatic heterocycles. The summed E-state index contributed by atoms with van der Waals surface area (Å²) in [4.78, 5) is 16.9. The first-order valence-corrected chi connectivity index (χ1v) is 11.5. The topological polar surface area (TPSA) is 41.9 Å². The van der Waals surface area contributed by atoms with Crippen LogP contribution in [0.5, 0.6) is 0 Å². The van der Waals surface area contributed by atoms with Crippen LogP contribution in [-0.2, 0) is 25.7 Å². The van der Waals surface area contributed by atoms with Crippen LogP contribution < -0.4 is 0 Å². The van der Waals surface area contributed by atoms with Crippen LogP contribution in [0.25, 0.3) is 22.0 Å². The maximum absolute atomic E-state index is 12.8. The Bertz CT molecular complexity index is 1270. The third-order valence-corrected chi connectivity index (χ3v) is 6.79. The van der Waals surface area contributed by atoms with Gasteiger partial charge in [-0.3, -0.25) is 9.88 Å². The Morgan fingerprint density at radius 1 is 0.970 bits per heavy atom. The number of alkyl halides is 3. The molecule has 0 unspecified atom stereocenters. The minimum atomic E-state index is -4.35. The highest BCUT2D eigenvalue weighted by atomic mass is 35.5. The van der Waals surface area contributed by atoms with Crippen LogP contribution in [0, 0.1) is 0 Å². The lowest BCUT2D eigenvalue weighted by molar-refractivity contribution is -0.137. The molecule has 0 fully saturated rings. The zero-order valence-electron chi connectivity index (χ0n) is 17.3. The van der Waals surface area contributed by atoms with Crippen LogP contribution in [0.1, 0.15) is 22.4 Å². The molecule has 1 aromatic carbocycles. The molecule has 0 bridgehead atoms. The van der Waals surface area contributed by atoms with Gasteiger partial charge in [0.15, 0.2) is 5.82 Å². The molecule has 9 heteroatoms. The number of rotatable bonds is 4. The second-order valence-electron chi connectivity index (χ2n) is 7.86. The SMILES string of the molecule is FC(F)(F)c1ccc(-c2ncc3c(n2)CCN(Cc2ccc(-c4ccc(Cl)s4)nc2)C3)cc1. The van der Waals surface area contributed by atoms with E-state index in [0.29, 0.717) is 17.9 Å². The lowest BCUT2D eigenvalue weighted by Gasteiger charge is -2.28. The quantitative estimate of drug-likeness (QED) is 0.330. The average Bonchev–Trinajstić information content (AvgIpc) is 3.25. The van der Waals surface area contributed by atoms with Crippen molar-refractivity contribution in [3.63, 3.8) is 0 Å². The summed E-state index contributed by atoms with van der Waals surface area (Å²) in [7, 11) is 0. The zero-order chi connectivity index (χ0) is 23.0. The van der Waals surface area contributed by atoms with E-state index in [1.807, 2.05) is 24.4 Å². The Morgan fingerprint density at radius 3 is 2.45 bits per heavy atom. The fraction of sp³-hybridized carbons (Fsp3) is 0.208. The number of pyridine rings is 1. The molecular weight excluding hydrogens is 469 g/mol. The van der Waals surface area contributed by atoms with Crippen LogP contribution >= 0.6 is 22.9 Å². The summed E-state index contributed by atoms with van der Waals surface area (Å²) in [6.45, 7) is 2.31. The number of hydrogen-bond acceptors (Lipinski definition) is 5. The van der Waals surface area contributed by atoms with Gasteiger partial charge in [-0.25, -0.2) is 9.97 Å². The molecule has 0 saturated carbocycles. The van der Waals surface area contributed by atoms with Crippen molar-refractivity contribution in [2.45, 2.75) is 25.7 Å². The minimum absolute atomic E-state index is 0.449. The normalized spacial score (nSPS) is 14.3. The highest BCUT2D eigenvalue weighted by molar-refractivity contribution is 7.19. The van der Waals surface area contributed by atoms with Gasteiger partial charge in [0.05, 0.1) is 26.2 Å². The van der Waals surface area contributed by atoms with Crippen molar-refractivity contribution in [3.8, 4) is 22.0 Å². The van der Waals surface area contributed by atoms with Gasteiger partial charge in [0, 0.05) is 49.6 Å². The number of thiophene rings is 1. The molecule has 168 valence electrons. The monoisotopic (exact) mass is 486 g/mol. The first-order valence-electron chi connectivity index (χ1n) is 10.3. The number of benzene rings is 1. The number of fused-ring (bicyclic) bond motifs is 1. The van der Waals surface area contributed by atoms with Gasteiger partial charge in [-0.1, -0.05) is 29.8 Å². The van der Waals surface area contributed by atoms with Gasteiger partial charge >= 0.3 is 6.18 Å². The zero-order valence-corrected chi connectivity index (χ0v) is 18.9. The highest BCUT2D eigenvalue weighted by Crippen LogP contribution is 2.31. The van der Waals surface area contributed by atoms with E-state index in [9.17, 15) is 13.2 Å². The van der Waals surface area contributed by atoms with Gasteiger partial charge in [-0.2, -0.15) is 13.2 Å².